The van der Waals surface area contributed by atoms with E-state index in [0.717, 1.165) is 13.0 Å². The average Bonchev–Trinajstić information content (AvgIpc) is 2.01. The van der Waals surface area contributed by atoms with Gasteiger partial charge in [-0.1, -0.05) is 29.7 Å². The Bertz CT molecular complexity index is 54.8. The second-order valence-electron chi connectivity index (χ2n) is 2.21. The number of ether oxygens (including phenoxy) is 2. The fourth-order valence-electron chi connectivity index (χ4n) is 0.288. The van der Waals surface area contributed by atoms with E-state index in [9.17, 15) is 0 Å². The molecular formula is C12H36O3. The van der Waals surface area contributed by atoms with Crippen molar-refractivity contribution in [2.75, 3.05) is 27.4 Å². The normalized spacial score (nSPS) is 8.60. The number of aliphatic hydroxyl groups is 1. The summed E-state index contributed by atoms with van der Waals surface area (Å²) in [5.41, 5.74) is 0. The Balaban J connectivity index is -0.0000000230. The number of hydrogen-bond donors (Lipinski definition) is 1. The van der Waals surface area contributed by atoms with Gasteiger partial charge in [0.2, 0.25) is 0 Å². The summed E-state index contributed by atoms with van der Waals surface area (Å²) in [5, 5.41) is 8.60. The van der Waals surface area contributed by atoms with E-state index in [4.69, 9.17) is 9.84 Å². The van der Waals surface area contributed by atoms with Gasteiger partial charge in [-0.3, -0.25) is 0 Å². The van der Waals surface area contributed by atoms with E-state index in [1.807, 2.05) is 6.92 Å². The predicted octanol–water partition coefficient (Wildman–Crippen LogP) is 3.60. The lowest BCUT2D eigenvalue weighted by Gasteiger charge is -1.99. The topological polar surface area (TPSA) is 38.7 Å². The second kappa shape index (κ2) is 37.1. The van der Waals surface area contributed by atoms with Crippen LogP contribution in [0.15, 0.2) is 0 Å². The molecule has 0 aliphatic carbocycles. The monoisotopic (exact) mass is 228 g/mol. The molecule has 0 rings (SSSR count). The summed E-state index contributed by atoms with van der Waals surface area (Å²) in [5.74, 6) is 0. The van der Waals surface area contributed by atoms with Crippen LogP contribution in [0.4, 0.5) is 0 Å². The van der Waals surface area contributed by atoms with E-state index < -0.39 is 0 Å². The zero-order valence-corrected chi connectivity index (χ0v) is 7.96. The van der Waals surface area contributed by atoms with Crippen molar-refractivity contribution in [2.45, 2.75) is 56.1 Å². The molecular weight excluding hydrogens is 192 g/mol. The highest BCUT2D eigenvalue weighted by Gasteiger charge is 1.90. The molecule has 102 valence electrons. The van der Waals surface area contributed by atoms with Gasteiger partial charge in [0.25, 0.3) is 0 Å². The highest BCUT2D eigenvalue weighted by molar-refractivity contribution is 4.42. The van der Waals surface area contributed by atoms with Crippen LogP contribution in [-0.2, 0) is 9.47 Å². The molecule has 0 aromatic rings. The van der Waals surface area contributed by atoms with Gasteiger partial charge in [0, 0.05) is 27.4 Å². The summed E-state index contributed by atoms with van der Waals surface area (Å²) in [6, 6.07) is 0. The second-order valence-corrected chi connectivity index (χ2v) is 2.21. The minimum absolute atomic E-state index is 0. The molecule has 0 fully saturated rings. The van der Waals surface area contributed by atoms with Crippen molar-refractivity contribution in [3.8, 4) is 0 Å². The van der Waals surface area contributed by atoms with Gasteiger partial charge in [0.1, 0.15) is 0 Å². The predicted molar refractivity (Wildman–Crippen MR) is 72.6 cm³/mol. The van der Waals surface area contributed by atoms with Crippen molar-refractivity contribution in [2.24, 2.45) is 0 Å². The van der Waals surface area contributed by atoms with E-state index in [-0.39, 0.29) is 35.8 Å². The van der Waals surface area contributed by atoms with Gasteiger partial charge in [-0.2, -0.15) is 0 Å². The molecule has 0 aromatic carbocycles. The number of aliphatic hydroxyl groups excluding tert-OH is 1. The molecule has 0 heterocycles. The molecule has 1 N–H and O–H groups in total. The quantitative estimate of drug-likeness (QED) is 0.799. The lowest BCUT2D eigenvalue weighted by Crippen LogP contribution is -2.03. The van der Waals surface area contributed by atoms with Crippen LogP contribution in [0, 0.1) is 0 Å². The molecule has 3 heteroatoms. The van der Waals surface area contributed by atoms with E-state index in [0.29, 0.717) is 6.61 Å². The maximum absolute atomic E-state index is 8.60. The van der Waals surface area contributed by atoms with Gasteiger partial charge >= 0.3 is 0 Å². The van der Waals surface area contributed by atoms with Gasteiger partial charge in [0.05, 0.1) is 6.10 Å². The molecule has 0 saturated carbocycles. The van der Waals surface area contributed by atoms with Crippen LogP contribution in [0.3, 0.4) is 0 Å². The van der Waals surface area contributed by atoms with Crippen LogP contribution < -0.4 is 0 Å². The van der Waals surface area contributed by atoms with Crippen LogP contribution >= 0.6 is 0 Å². The van der Waals surface area contributed by atoms with Crippen molar-refractivity contribution < 1.29 is 14.6 Å². The fraction of sp³-hybridized carbons (Fsp3) is 1.00. The Hall–Kier alpha value is -0.120. The first-order chi connectivity index (χ1) is 5.18. The van der Waals surface area contributed by atoms with E-state index >= 15 is 0 Å². The largest absolute Gasteiger partial charge is 0.393 e. The van der Waals surface area contributed by atoms with Gasteiger partial charge in [-0.25, -0.2) is 0 Å². The molecule has 1 atom stereocenters. The summed E-state index contributed by atoms with van der Waals surface area (Å²) in [6.45, 7) is 5.18. The molecule has 0 aliphatic heterocycles. The lowest BCUT2D eigenvalue weighted by molar-refractivity contribution is 0.121. The van der Waals surface area contributed by atoms with Crippen LogP contribution in [0.2, 0.25) is 0 Å². The van der Waals surface area contributed by atoms with Crippen LogP contribution in [-0.4, -0.2) is 38.6 Å². The zero-order valence-electron chi connectivity index (χ0n) is 7.96. The molecule has 0 saturated heterocycles. The van der Waals surface area contributed by atoms with E-state index in [2.05, 4.69) is 4.74 Å². The van der Waals surface area contributed by atoms with Crippen LogP contribution in [0.5, 0.6) is 0 Å². The first-order valence-electron chi connectivity index (χ1n) is 3.84. The number of methoxy groups -OCH3 is 2. The molecule has 0 amide bonds. The Morgan fingerprint density at radius 2 is 1.33 bits per heavy atom. The summed E-state index contributed by atoms with van der Waals surface area (Å²) >= 11 is 0. The summed E-state index contributed by atoms with van der Waals surface area (Å²) in [7, 11) is 3.31. The third-order valence-electron chi connectivity index (χ3n) is 1.03. The molecule has 1 unspecified atom stereocenters. The molecule has 0 radical (unpaired) electrons. The summed E-state index contributed by atoms with van der Waals surface area (Å²) in [4.78, 5) is 0. The first kappa shape index (κ1) is 36.4. The first-order valence-corrected chi connectivity index (χ1v) is 3.84. The number of hydrogen-bond acceptors (Lipinski definition) is 3. The highest BCUT2D eigenvalue weighted by Crippen LogP contribution is 1.86. The maximum Gasteiger partial charge on any atom is 0.0534 e. The van der Waals surface area contributed by atoms with Crippen molar-refractivity contribution in [3.63, 3.8) is 0 Å². The molecule has 0 spiro atoms. The van der Waals surface area contributed by atoms with Crippen molar-refractivity contribution >= 4 is 0 Å². The van der Waals surface area contributed by atoms with E-state index in [1.54, 1.807) is 21.1 Å². The number of rotatable bonds is 4. The van der Waals surface area contributed by atoms with Crippen LogP contribution in [0.25, 0.3) is 0 Å². The Morgan fingerprint density at radius 1 is 1.00 bits per heavy atom. The molecule has 0 bridgehead atoms. The Labute approximate surface area is 98.8 Å². The standard InChI is InChI=1S/C5H12O2.C3H8O.4CH4/c1-5(6)3-4-7-2;1-3-4-2;;;;/h5-6H,3-4H2,1-2H3;3H2,1-2H3;4*1H4. The lowest BCUT2D eigenvalue weighted by atomic mass is 10.3. The van der Waals surface area contributed by atoms with E-state index in [1.165, 1.54) is 0 Å². The third-order valence-corrected chi connectivity index (χ3v) is 1.03. The smallest absolute Gasteiger partial charge is 0.0534 e. The minimum Gasteiger partial charge on any atom is -0.393 e. The highest BCUT2D eigenvalue weighted by atomic mass is 16.5. The van der Waals surface area contributed by atoms with Gasteiger partial charge < -0.3 is 14.6 Å². The minimum atomic E-state index is -0.222. The van der Waals surface area contributed by atoms with Crippen molar-refractivity contribution in [1.29, 1.82) is 0 Å². The molecule has 0 aliphatic rings. The van der Waals surface area contributed by atoms with Gasteiger partial charge in [-0.15, -0.1) is 0 Å². The fourth-order valence-corrected chi connectivity index (χ4v) is 0.288. The molecule has 3 nitrogen and oxygen atoms in total. The van der Waals surface area contributed by atoms with Crippen molar-refractivity contribution in [3.05, 3.63) is 0 Å². The summed E-state index contributed by atoms with van der Waals surface area (Å²) < 4.78 is 9.23. The zero-order chi connectivity index (χ0) is 9.11. The van der Waals surface area contributed by atoms with Gasteiger partial charge in [-0.05, 0) is 20.3 Å². The molecule has 0 aromatic heterocycles. The van der Waals surface area contributed by atoms with Crippen molar-refractivity contribution in [1.82, 2.24) is 0 Å². The Kier molecular flexibility index (Phi) is 89.9. The molecule has 15 heavy (non-hydrogen) atoms. The van der Waals surface area contributed by atoms with Crippen LogP contribution in [0.1, 0.15) is 50.0 Å². The Morgan fingerprint density at radius 3 is 1.40 bits per heavy atom. The van der Waals surface area contributed by atoms with Gasteiger partial charge in [0.15, 0.2) is 0 Å². The third kappa shape index (κ3) is 82.3. The summed E-state index contributed by atoms with van der Waals surface area (Å²) in [6.07, 6.45) is 0.510. The average molecular weight is 228 g/mol. The maximum atomic E-state index is 8.60. The SMILES string of the molecule is C.C.C.C.CCOC.COCCC(C)O.